The molecule has 0 aliphatic carbocycles. The van der Waals surface area contributed by atoms with Crippen LogP contribution in [0.5, 0.6) is 0 Å². The summed E-state index contributed by atoms with van der Waals surface area (Å²) in [4.78, 5) is 9.35. The lowest BCUT2D eigenvalue weighted by Crippen LogP contribution is -1.66. The molecule has 0 unspecified atom stereocenters. The van der Waals surface area contributed by atoms with Crippen molar-refractivity contribution < 1.29 is 4.39 Å². The molecule has 0 atom stereocenters. The van der Waals surface area contributed by atoms with E-state index >= 15 is 0 Å². The summed E-state index contributed by atoms with van der Waals surface area (Å²) in [6, 6.07) is 0. The maximum atomic E-state index is 11.7. The molecule has 0 saturated carbocycles. The van der Waals surface area contributed by atoms with E-state index in [4.69, 9.17) is 0 Å². The van der Waals surface area contributed by atoms with E-state index < -0.39 is 0 Å². The van der Waals surface area contributed by atoms with Crippen LogP contribution in [0, 0.1) is 4.91 Å². The molecule has 46 valence electrons. The van der Waals surface area contributed by atoms with E-state index in [-0.39, 0.29) is 5.83 Å². The molecule has 0 aromatic rings. The highest BCUT2D eigenvalue weighted by Gasteiger charge is 1.82. The Labute approximate surface area is 51.3 Å². The molecule has 0 radical (unpaired) electrons. The summed E-state index contributed by atoms with van der Waals surface area (Å²) < 4.78 is 14.2. The third kappa shape index (κ3) is 5.62. The molecule has 0 N–H and O–H groups in total. The molecule has 0 fully saturated rings. The van der Waals surface area contributed by atoms with Crippen LogP contribution in [0.1, 0.15) is 6.92 Å². The monoisotopic (exact) mass is 135 g/mol. The molecular formula is C4H6FNOS. The van der Waals surface area contributed by atoms with Crippen molar-refractivity contribution in [3.05, 3.63) is 16.8 Å². The normalized spacial score (nSPS) is 11.5. The molecule has 0 saturated heterocycles. The van der Waals surface area contributed by atoms with Crippen LogP contribution in [0.3, 0.4) is 0 Å². The Morgan fingerprint density at radius 3 is 3.00 bits per heavy atom. The van der Waals surface area contributed by atoms with Crippen LogP contribution in [0.2, 0.25) is 0 Å². The molecule has 0 aromatic heterocycles. The minimum absolute atomic E-state index is 0.277. The molecule has 0 spiro atoms. The van der Waals surface area contributed by atoms with Gasteiger partial charge in [-0.25, -0.2) is 4.39 Å². The van der Waals surface area contributed by atoms with Crippen LogP contribution in [0.15, 0.2) is 16.5 Å². The van der Waals surface area contributed by atoms with Gasteiger partial charge in [-0.1, -0.05) is 0 Å². The molecule has 8 heavy (non-hydrogen) atoms. The fraction of sp³-hybridized carbons (Fsp3) is 0.500. The molecule has 0 aliphatic heterocycles. The maximum absolute atomic E-state index is 11.7. The van der Waals surface area contributed by atoms with E-state index in [0.717, 1.165) is 11.9 Å². The van der Waals surface area contributed by atoms with Gasteiger partial charge in [-0.2, -0.15) is 0 Å². The van der Waals surface area contributed by atoms with E-state index in [1.165, 1.54) is 13.0 Å². The zero-order valence-electron chi connectivity index (χ0n) is 4.43. The third-order valence-electron chi connectivity index (χ3n) is 0.492. The molecule has 4 heteroatoms. The minimum Gasteiger partial charge on any atom is -0.212 e. The summed E-state index contributed by atoms with van der Waals surface area (Å²) in [7, 11) is 0. The summed E-state index contributed by atoms with van der Waals surface area (Å²) in [5.41, 5.74) is 0. The van der Waals surface area contributed by atoms with Gasteiger partial charge < -0.3 is 0 Å². The zero-order chi connectivity index (χ0) is 6.41. The number of rotatable bonds is 3. The Morgan fingerprint density at radius 2 is 2.62 bits per heavy atom. The van der Waals surface area contributed by atoms with Crippen LogP contribution in [-0.2, 0) is 0 Å². The average Bonchev–Trinajstić information content (AvgIpc) is 1.66. The highest BCUT2D eigenvalue weighted by atomic mass is 32.2. The molecule has 0 amide bonds. The predicted molar refractivity (Wildman–Crippen MR) is 33.1 cm³/mol. The number of nitroso groups, excluding NO2 is 1. The van der Waals surface area contributed by atoms with Crippen LogP contribution >= 0.6 is 11.9 Å². The summed E-state index contributed by atoms with van der Waals surface area (Å²) in [5, 5.41) is 0. The standard InChI is InChI=1S/C4H6FNOS/c1-4(5)2-3-8-6-7/h2H,3H2,1H3/b4-2+. The van der Waals surface area contributed by atoms with Crippen LogP contribution in [0.4, 0.5) is 4.39 Å². The zero-order valence-corrected chi connectivity index (χ0v) is 5.24. The van der Waals surface area contributed by atoms with E-state index in [9.17, 15) is 9.30 Å². The predicted octanol–water partition coefficient (Wildman–Crippen LogP) is 2.27. The molecule has 0 bridgehead atoms. The van der Waals surface area contributed by atoms with Gasteiger partial charge in [0.15, 0.2) is 0 Å². The van der Waals surface area contributed by atoms with Crippen molar-refractivity contribution in [3.63, 3.8) is 0 Å². The van der Waals surface area contributed by atoms with Gasteiger partial charge >= 0.3 is 0 Å². The smallest absolute Gasteiger partial charge is 0.0937 e. The van der Waals surface area contributed by atoms with Crippen molar-refractivity contribution >= 4 is 11.9 Å². The Morgan fingerprint density at radius 1 is 2.00 bits per heavy atom. The Balaban J connectivity index is 3.15. The summed E-state index contributed by atoms with van der Waals surface area (Å²) in [6.07, 6.45) is 1.30. The van der Waals surface area contributed by atoms with Crippen molar-refractivity contribution in [2.75, 3.05) is 5.75 Å². The van der Waals surface area contributed by atoms with Gasteiger partial charge in [-0.3, -0.25) is 0 Å². The number of halogens is 1. The first-order valence-electron chi connectivity index (χ1n) is 2.04. The number of allylic oxidation sites excluding steroid dienone is 1. The second-order valence-corrected chi connectivity index (χ2v) is 1.90. The maximum Gasteiger partial charge on any atom is 0.0937 e. The third-order valence-corrected chi connectivity index (χ3v) is 0.913. The molecule has 0 rings (SSSR count). The highest BCUT2D eigenvalue weighted by molar-refractivity contribution is 7.98. The molecule has 2 nitrogen and oxygen atoms in total. The van der Waals surface area contributed by atoms with Crippen molar-refractivity contribution in [3.8, 4) is 0 Å². The van der Waals surface area contributed by atoms with E-state index in [0.29, 0.717) is 5.75 Å². The van der Waals surface area contributed by atoms with Gasteiger partial charge in [0.05, 0.1) is 5.83 Å². The number of nitrogens with zero attached hydrogens (tertiary/aromatic N) is 1. The SMILES string of the molecule is C/C(F)=C\CSN=O. The number of hydrogen-bond donors (Lipinski definition) is 0. The molecule has 0 aromatic carbocycles. The van der Waals surface area contributed by atoms with Gasteiger partial charge in [0.1, 0.15) is 0 Å². The Kier molecular flexibility index (Phi) is 4.54. The van der Waals surface area contributed by atoms with Gasteiger partial charge in [-0.05, 0) is 13.0 Å². The quantitative estimate of drug-likeness (QED) is 0.337. The Bertz CT molecular complexity index is 100. The van der Waals surface area contributed by atoms with Gasteiger partial charge in [0, 0.05) is 22.3 Å². The molecular weight excluding hydrogens is 129 g/mol. The first-order valence-corrected chi connectivity index (χ1v) is 2.98. The van der Waals surface area contributed by atoms with Gasteiger partial charge in [0.25, 0.3) is 0 Å². The topological polar surface area (TPSA) is 29.4 Å². The summed E-state index contributed by atoms with van der Waals surface area (Å²) in [5.74, 6) is 0.0485. The fourth-order valence-corrected chi connectivity index (χ4v) is 0.548. The number of hydrogen-bond acceptors (Lipinski definition) is 3. The van der Waals surface area contributed by atoms with Crippen LogP contribution in [-0.4, -0.2) is 5.75 Å². The lowest BCUT2D eigenvalue weighted by molar-refractivity contribution is 0.639. The van der Waals surface area contributed by atoms with Crippen molar-refractivity contribution in [2.45, 2.75) is 6.92 Å². The van der Waals surface area contributed by atoms with Crippen LogP contribution in [0.25, 0.3) is 0 Å². The van der Waals surface area contributed by atoms with Gasteiger partial charge in [0.2, 0.25) is 0 Å². The van der Waals surface area contributed by atoms with E-state index in [1.807, 2.05) is 0 Å². The molecule has 0 heterocycles. The average molecular weight is 135 g/mol. The fourth-order valence-electron chi connectivity index (χ4n) is 0.183. The van der Waals surface area contributed by atoms with Gasteiger partial charge in [-0.15, -0.1) is 4.91 Å². The highest BCUT2D eigenvalue weighted by Crippen LogP contribution is 2.02. The van der Waals surface area contributed by atoms with E-state index in [1.54, 1.807) is 0 Å². The van der Waals surface area contributed by atoms with Crippen molar-refractivity contribution in [2.24, 2.45) is 4.58 Å². The summed E-state index contributed by atoms with van der Waals surface area (Å²) >= 11 is 0.789. The summed E-state index contributed by atoms with van der Waals surface area (Å²) in [6.45, 7) is 1.32. The second-order valence-electron chi connectivity index (χ2n) is 1.16. The first-order chi connectivity index (χ1) is 3.77. The lowest BCUT2D eigenvalue weighted by atomic mass is 10.5. The van der Waals surface area contributed by atoms with E-state index in [2.05, 4.69) is 4.58 Å². The van der Waals surface area contributed by atoms with Crippen molar-refractivity contribution in [1.29, 1.82) is 0 Å². The molecule has 0 aliphatic rings. The largest absolute Gasteiger partial charge is 0.212 e. The lowest BCUT2D eigenvalue weighted by Gasteiger charge is -1.79. The van der Waals surface area contributed by atoms with Crippen molar-refractivity contribution in [1.82, 2.24) is 0 Å². The first kappa shape index (κ1) is 7.62. The Hall–Kier alpha value is -0.380. The van der Waals surface area contributed by atoms with Crippen LogP contribution < -0.4 is 0 Å². The second kappa shape index (κ2) is 4.77. The minimum atomic E-state index is -0.277.